The van der Waals surface area contributed by atoms with E-state index in [1.165, 1.54) is 42.4 Å². The fourth-order valence-corrected chi connectivity index (χ4v) is 2.91. The Balaban J connectivity index is 3.10. The van der Waals surface area contributed by atoms with Gasteiger partial charge in [-0.15, -0.1) is 0 Å². The van der Waals surface area contributed by atoms with Crippen LogP contribution in [0.4, 0.5) is 0 Å². The molecule has 0 fully saturated rings. The van der Waals surface area contributed by atoms with Gasteiger partial charge in [-0.25, -0.2) is 0 Å². The molecule has 0 radical (unpaired) electrons. The fraction of sp³-hybridized carbons (Fsp3) is 0.600. The number of hydrogen-bond acceptors (Lipinski definition) is 1. The van der Waals surface area contributed by atoms with Crippen LogP contribution in [0.25, 0.3) is 0 Å². The summed E-state index contributed by atoms with van der Waals surface area (Å²) in [6.07, 6.45) is 16.6. The molecular formula is C20H33N. The molecule has 0 bridgehead atoms. The van der Waals surface area contributed by atoms with Gasteiger partial charge in [0.2, 0.25) is 0 Å². The first kappa shape index (κ1) is 17.8. The topological polar surface area (TPSA) is 3.24 Å². The van der Waals surface area contributed by atoms with Gasteiger partial charge in [-0.1, -0.05) is 44.1 Å². The highest BCUT2D eigenvalue weighted by Crippen LogP contribution is 2.31. The first-order valence-corrected chi connectivity index (χ1v) is 8.39. The maximum absolute atomic E-state index is 2.45. The van der Waals surface area contributed by atoms with Gasteiger partial charge in [-0.05, 0) is 68.4 Å². The Hall–Kier alpha value is -1.24. The summed E-state index contributed by atoms with van der Waals surface area (Å²) in [5.41, 5.74) is 4.28. The van der Waals surface area contributed by atoms with Crippen LogP contribution >= 0.6 is 0 Å². The summed E-state index contributed by atoms with van der Waals surface area (Å²) in [4.78, 5) is 2.09. The van der Waals surface area contributed by atoms with Crippen molar-refractivity contribution in [1.82, 2.24) is 4.90 Å². The van der Waals surface area contributed by atoms with Crippen molar-refractivity contribution in [2.24, 2.45) is 11.8 Å². The third kappa shape index (κ3) is 5.57. The van der Waals surface area contributed by atoms with Gasteiger partial charge in [0, 0.05) is 14.1 Å². The summed E-state index contributed by atoms with van der Waals surface area (Å²) in [7, 11) is 4.14. The van der Waals surface area contributed by atoms with E-state index in [1.54, 1.807) is 0 Å². The largest absolute Gasteiger partial charge is 0.383 e. The second kappa shape index (κ2) is 8.92. The quantitative estimate of drug-likeness (QED) is 0.584. The lowest BCUT2D eigenvalue weighted by atomic mass is 9.83. The molecule has 1 nitrogen and oxygen atoms in total. The van der Waals surface area contributed by atoms with Crippen molar-refractivity contribution >= 4 is 0 Å². The molecule has 21 heavy (non-hydrogen) atoms. The van der Waals surface area contributed by atoms with Crippen LogP contribution in [0.15, 0.2) is 47.2 Å². The summed E-state index contributed by atoms with van der Waals surface area (Å²) in [6.45, 7) is 9.10. The van der Waals surface area contributed by atoms with Crippen LogP contribution in [0.5, 0.6) is 0 Å². The fourth-order valence-electron chi connectivity index (χ4n) is 2.91. The van der Waals surface area contributed by atoms with E-state index >= 15 is 0 Å². The predicted molar refractivity (Wildman–Crippen MR) is 95.2 cm³/mol. The number of nitrogens with zero attached hydrogens (tertiary/aromatic N) is 1. The Morgan fingerprint density at radius 1 is 1.33 bits per heavy atom. The van der Waals surface area contributed by atoms with E-state index in [9.17, 15) is 0 Å². The minimum absolute atomic E-state index is 0.673. The molecule has 0 aromatic heterocycles. The Kier molecular flexibility index (Phi) is 7.56. The molecule has 1 heteroatoms. The van der Waals surface area contributed by atoms with Crippen LogP contribution in [-0.4, -0.2) is 19.0 Å². The summed E-state index contributed by atoms with van der Waals surface area (Å²) in [5.74, 6) is 1.42. The molecule has 0 heterocycles. The molecule has 0 spiro atoms. The molecule has 0 saturated heterocycles. The zero-order valence-electron chi connectivity index (χ0n) is 14.8. The van der Waals surface area contributed by atoms with Gasteiger partial charge < -0.3 is 4.90 Å². The van der Waals surface area contributed by atoms with E-state index < -0.39 is 0 Å². The van der Waals surface area contributed by atoms with Crippen molar-refractivity contribution in [1.29, 1.82) is 0 Å². The Morgan fingerprint density at radius 2 is 2.05 bits per heavy atom. The van der Waals surface area contributed by atoms with Gasteiger partial charge in [-0.3, -0.25) is 0 Å². The van der Waals surface area contributed by atoms with Crippen LogP contribution in [0.1, 0.15) is 53.4 Å². The third-order valence-electron chi connectivity index (χ3n) is 4.50. The number of rotatable bonds is 5. The molecule has 2 atom stereocenters. The van der Waals surface area contributed by atoms with Gasteiger partial charge in [0.1, 0.15) is 0 Å². The summed E-state index contributed by atoms with van der Waals surface area (Å²) < 4.78 is 0. The summed E-state index contributed by atoms with van der Waals surface area (Å²) in [6, 6.07) is 0. The molecule has 0 aromatic carbocycles. The molecule has 1 rings (SSSR count). The highest BCUT2D eigenvalue weighted by Gasteiger charge is 2.16. The molecule has 1 aliphatic carbocycles. The number of hydrogen-bond donors (Lipinski definition) is 0. The van der Waals surface area contributed by atoms with E-state index in [-0.39, 0.29) is 0 Å². The lowest BCUT2D eigenvalue weighted by Gasteiger charge is -2.23. The standard InChI is InChI=1S/C20H33N/c1-7-9-18-11-10-16(3)17(4)20(13-12-18)19(8-2)14-15-21(5)6/h8,12-16,18H,7,9-11H2,1-6H3/b13-12-,15-14-,19-8+,20-17-. The van der Waals surface area contributed by atoms with E-state index in [4.69, 9.17) is 0 Å². The van der Waals surface area contributed by atoms with E-state index in [0.717, 1.165) is 5.92 Å². The summed E-state index contributed by atoms with van der Waals surface area (Å²) >= 11 is 0. The first-order chi connectivity index (χ1) is 9.99. The van der Waals surface area contributed by atoms with E-state index in [1.807, 2.05) is 0 Å². The highest BCUT2D eigenvalue weighted by atomic mass is 15.0. The molecule has 0 aliphatic heterocycles. The predicted octanol–water partition coefficient (Wildman–Crippen LogP) is 5.73. The van der Waals surface area contributed by atoms with Gasteiger partial charge in [0.25, 0.3) is 0 Å². The normalized spacial score (nSPS) is 29.3. The van der Waals surface area contributed by atoms with Gasteiger partial charge >= 0.3 is 0 Å². The highest BCUT2D eigenvalue weighted by molar-refractivity contribution is 5.49. The van der Waals surface area contributed by atoms with Crippen molar-refractivity contribution in [3.63, 3.8) is 0 Å². The maximum atomic E-state index is 2.45. The maximum Gasteiger partial charge on any atom is 0.00556 e. The third-order valence-corrected chi connectivity index (χ3v) is 4.50. The summed E-state index contributed by atoms with van der Waals surface area (Å²) in [5, 5.41) is 0. The molecule has 118 valence electrons. The minimum Gasteiger partial charge on any atom is -0.383 e. The van der Waals surface area contributed by atoms with Gasteiger partial charge in [0.15, 0.2) is 0 Å². The van der Waals surface area contributed by atoms with Gasteiger partial charge in [-0.2, -0.15) is 0 Å². The Labute approximate surface area is 132 Å². The molecule has 0 amide bonds. The second-order valence-electron chi connectivity index (χ2n) is 6.51. The van der Waals surface area contributed by atoms with Crippen LogP contribution in [0.3, 0.4) is 0 Å². The number of allylic oxidation sites excluding steroid dienone is 7. The van der Waals surface area contributed by atoms with Crippen LogP contribution < -0.4 is 0 Å². The van der Waals surface area contributed by atoms with Crippen LogP contribution in [0, 0.1) is 11.8 Å². The van der Waals surface area contributed by atoms with E-state index in [0.29, 0.717) is 5.92 Å². The van der Waals surface area contributed by atoms with Crippen LogP contribution in [-0.2, 0) is 0 Å². The van der Waals surface area contributed by atoms with E-state index in [2.05, 4.69) is 77.2 Å². The van der Waals surface area contributed by atoms with Crippen molar-refractivity contribution in [2.75, 3.05) is 14.1 Å². The van der Waals surface area contributed by atoms with Crippen molar-refractivity contribution < 1.29 is 0 Å². The van der Waals surface area contributed by atoms with Crippen molar-refractivity contribution in [3.05, 3.63) is 47.2 Å². The molecular weight excluding hydrogens is 254 g/mol. The molecule has 2 unspecified atom stereocenters. The molecule has 0 aromatic rings. The zero-order valence-corrected chi connectivity index (χ0v) is 14.8. The average molecular weight is 287 g/mol. The molecule has 0 saturated carbocycles. The second-order valence-corrected chi connectivity index (χ2v) is 6.51. The lowest BCUT2D eigenvalue weighted by Crippen LogP contribution is -2.08. The minimum atomic E-state index is 0.673. The van der Waals surface area contributed by atoms with Crippen LogP contribution in [0.2, 0.25) is 0 Å². The van der Waals surface area contributed by atoms with Gasteiger partial charge in [0.05, 0.1) is 0 Å². The monoisotopic (exact) mass is 287 g/mol. The SMILES string of the molecule is C/C=C(\C=C/N(C)C)C1=C(/C)C(C)CCC(CCC)/C=C\1. The van der Waals surface area contributed by atoms with Crippen molar-refractivity contribution in [2.45, 2.75) is 53.4 Å². The lowest BCUT2D eigenvalue weighted by molar-refractivity contribution is 0.463. The smallest absolute Gasteiger partial charge is 0.00556 e. The average Bonchev–Trinajstić information content (AvgIpc) is 2.45. The molecule has 0 N–H and O–H groups in total. The van der Waals surface area contributed by atoms with Crippen molar-refractivity contribution in [3.8, 4) is 0 Å². The molecule has 1 aliphatic rings. The Morgan fingerprint density at radius 3 is 2.62 bits per heavy atom. The first-order valence-electron chi connectivity index (χ1n) is 8.39. The Bertz CT molecular complexity index is 435. The zero-order chi connectivity index (χ0) is 15.8.